The maximum Gasteiger partial charge on any atom is 0.219 e. The highest BCUT2D eigenvalue weighted by Gasteiger charge is 2.29. The number of aromatic nitrogens is 4. The summed E-state index contributed by atoms with van der Waals surface area (Å²) in [6, 6.07) is 11.8. The highest BCUT2D eigenvalue weighted by atomic mass is 19.1. The largest absolute Gasteiger partial charge is 0.433 e. The van der Waals surface area contributed by atoms with Gasteiger partial charge in [0, 0.05) is 37.1 Å². The van der Waals surface area contributed by atoms with Gasteiger partial charge in [0.2, 0.25) is 17.4 Å². The smallest absolute Gasteiger partial charge is 0.219 e. The van der Waals surface area contributed by atoms with E-state index in [0.29, 0.717) is 34.4 Å². The van der Waals surface area contributed by atoms with Crippen LogP contribution in [0.5, 0.6) is 11.6 Å². The fraction of sp³-hybridized carbons (Fsp3) is 0.258. The number of benzene rings is 2. The molecule has 0 unspecified atom stereocenters. The first kappa shape index (κ1) is 26.3. The summed E-state index contributed by atoms with van der Waals surface area (Å²) in [4.78, 5) is 23.7. The van der Waals surface area contributed by atoms with Crippen molar-refractivity contribution in [2.75, 3.05) is 32.1 Å². The number of hydrogen-bond acceptors (Lipinski definition) is 7. The molecule has 0 radical (unpaired) electrons. The number of rotatable bonds is 7. The molecule has 5 aromatic rings. The van der Waals surface area contributed by atoms with Gasteiger partial charge in [-0.2, -0.15) is 5.10 Å². The summed E-state index contributed by atoms with van der Waals surface area (Å²) in [6.45, 7) is 5.27. The number of nitrogens with zero attached hydrogens (tertiary/aromatic N) is 4. The van der Waals surface area contributed by atoms with Crippen LogP contribution in [0.3, 0.4) is 0 Å². The van der Waals surface area contributed by atoms with Gasteiger partial charge in [0.1, 0.15) is 5.82 Å². The zero-order valence-electron chi connectivity index (χ0n) is 23.1. The molecular formula is C31H28F2N6O3. The van der Waals surface area contributed by atoms with Crippen molar-refractivity contribution in [3.8, 4) is 17.3 Å². The monoisotopic (exact) mass is 570 g/mol. The Bertz CT molecular complexity index is 1820. The molecule has 0 saturated carbocycles. The lowest BCUT2D eigenvalue weighted by Gasteiger charge is -2.40. The van der Waals surface area contributed by atoms with Gasteiger partial charge in [0.15, 0.2) is 11.6 Å². The third-order valence-corrected chi connectivity index (χ3v) is 8.03. The van der Waals surface area contributed by atoms with E-state index >= 15 is 0 Å². The lowest BCUT2D eigenvalue weighted by molar-refractivity contribution is -0.0694. The van der Waals surface area contributed by atoms with Crippen LogP contribution in [0.2, 0.25) is 0 Å². The van der Waals surface area contributed by atoms with Gasteiger partial charge in [0.25, 0.3) is 0 Å². The predicted molar refractivity (Wildman–Crippen MR) is 153 cm³/mol. The third kappa shape index (κ3) is 4.50. The zero-order chi connectivity index (χ0) is 29.0. The first-order valence-corrected chi connectivity index (χ1v) is 13.7. The fourth-order valence-corrected chi connectivity index (χ4v) is 5.65. The Hall–Kier alpha value is -4.61. The van der Waals surface area contributed by atoms with Gasteiger partial charge in [-0.15, -0.1) is 0 Å². The van der Waals surface area contributed by atoms with Crippen LogP contribution in [0.4, 0.5) is 14.6 Å². The number of aryl methyl sites for hydroxylation is 1. The maximum atomic E-state index is 14.0. The molecule has 0 spiro atoms. The second-order valence-electron chi connectivity index (χ2n) is 10.7. The summed E-state index contributed by atoms with van der Waals surface area (Å²) in [5.74, 6) is -1.86. The standard InChI is InChI=1S/C31H28F2N6O3/c1-17-8-28(42-30-23(32)4-3-5-24(30)33)35-13-27(17)39-31(34-2)22(12-36-39)29(40)26-11-19-9-20-14-38(21-15-41-16-21)7-6-18(20)10-25(19)37-26/h3-5,8-13,21,34,37H,6-7,14-16H2,1-2H3. The van der Waals surface area contributed by atoms with Crippen molar-refractivity contribution in [3.63, 3.8) is 0 Å². The Morgan fingerprint density at radius 3 is 2.64 bits per heavy atom. The minimum absolute atomic E-state index is 0.0274. The van der Waals surface area contributed by atoms with Crippen LogP contribution in [0.15, 0.2) is 54.9 Å². The summed E-state index contributed by atoms with van der Waals surface area (Å²) in [6.07, 6.45) is 3.97. The molecule has 1 saturated heterocycles. The van der Waals surface area contributed by atoms with Crippen LogP contribution in [0.25, 0.3) is 16.6 Å². The molecule has 7 rings (SSSR count). The number of fused-ring (bicyclic) bond motifs is 2. The molecule has 2 aliphatic rings. The average Bonchev–Trinajstić information content (AvgIpc) is 3.56. The number of carbonyl (C=O) groups excluding carboxylic acids is 1. The molecule has 214 valence electrons. The number of para-hydroxylation sites is 1. The number of nitrogens with one attached hydrogen (secondary N) is 2. The third-order valence-electron chi connectivity index (χ3n) is 8.03. The van der Waals surface area contributed by atoms with Gasteiger partial charge in [-0.3, -0.25) is 9.69 Å². The van der Waals surface area contributed by atoms with Crippen molar-refractivity contribution < 1.29 is 23.0 Å². The molecule has 2 N–H and O–H groups in total. The van der Waals surface area contributed by atoms with E-state index in [1.54, 1.807) is 24.7 Å². The lowest BCUT2D eigenvalue weighted by atomic mass is 9.96. The zero-order valence-corrected chi connectivity index (χ0v) is 23.1. The van der Waals surface area contributed by atoms with Crippen molar-refractivity contribution in [2.45, 2.75) is 25.9 Å². The molecular weight excluding hydrogens is 542 g/mol. The minimum atomic E-state index is -0.825. The van der Waals surface area contributed by atoms with Crippen LogP contribution >= 0.6 is 0 Å². The average molecular weight is 571 g/mol. The first-order chi connectivity index (χ1) is 20.4. The normalized spacial score (nSPS) is 15.4. The fourth-order valence-electron chi connectivity index (χ4n) is 5.65. The van der Waals surface area contributed by atoms with Crippen LogP contribution in [-0.4, -0.2) is 63.3 Å². The molecule has 9 nitrogen and oxygen atoms in total. The van der Waals surface area contributed by atoms with E-state index in [2.05, 4.69) is 37.4 Å². The van der Waals surface area contributed by atoms with Crippen LogP contribution < -0.4 is 10.1 Å². The molecule has 2 aliphatic heterocycles. The predicted octanol–water partition coefficient (Wildman–Crippen LogP) is 5.16. The topological polar surface area (TPSA) is 97.3 Å². The quantitative estimate of drug-likeness (QED) is 0.261. The van der Waals surface area contributed by atoms with Crippen molar-refractivity contribution in [1.29, 1.82) is 0 Å². The van der Waals surface area contributed by atoms with E-state index in [0.717, 1.165) is 55.8 Å². The highest BCUT2D eigenvalue weighted by Crippen LogP contribution is 2.31. The Balaban J connectivity index is 1.16. The van der Waals surface area contributed by atoms with Crippen LogP contribution in [-0.2, 0) is 17.7 Å². The molecule has 42 heavy (non-hydrogen) atoms. The number of halogens is 2. The van der Waals surface area contributed by atoms with Crippen LogP contribution in [0.1, 0.15) is 32.7 Å². The number of carbonyl (C=O) groups is 1. The summed E-state index contributed by atoms with van der Waals surface area (Å²) in [7, 11) is 1.71. The molecule has 0 atom stereocenters. The summed E-state index contributed by atoms with van der Waals surface area (Å²) >= 11 is 0. The molecule has 3 aromatic heterocycles. The molecule has 11 heteroatoms. The van der Waals surface area contributed by atoms with Gasteiger partial charge >= 0.3 is 0 Å². The Morgan fingerprint density at radius 1 is 1.12 bits per heavy atom. The summed E-state index contributed by atoms with van der Waals surface area (Å²) in [5.41, 5.74) is 5.63. The van der Waals surface area contributed by atoms with E-state index in [1.165, 1.54) is 29.6 Å². The van der Waals surface area contributed by atoms with E-state index in [4.69, 9.17) is 9.47 Å². The van der Waals surface area contributed by atoms with Gasteiger partial charge in [0.05, 0.1) is 48.6 Å². The first-order valence-electron chi connectivity index (χ1n) is 13.7. The van der Waals surface area contributed by atoms with Crippen molar-refractivity contribution in [2.24, 2.45) is 0 Å². The number of ketones is 1. The molecule has 0 amide bonds. The van der Waals surface area contributed by atoms with E-state index < -0.39 is 17.4 Å². The van der Waals surface area contributed by atoms with Gasteiger partial charge in [-0.25, -0.2) is 18.4 Å². The van der Waals surface area contributed by atoms with Gasteiger partial charge in [-0.05, 0) is 60.4 Å². The number of hydrogen-bond donors (Lipinski definition) is 2. The van der Waals surface area contributed by atoms with E-state index in [1.807, 2.05) is 6.07 Å². The second-order valence-corrected chi connectivity index (χ2v) is 10.7. The molecule has 0 aliphatic carbocycles. The number of H-pyrrole nitrogens is 1. The second kappa shape index (κ2) is 10.3. The van der Waals surface area contributed by atoms with E-state index in [-0.39, 0.29) is 11.7 Å². The molecule has 2 aromatic carbocycles. The van der Waals surface area contributed by atoms with Crippen molar-refractivity contribution in [3.05, 3.63) is 94.4 Å². The molecule has 5 heterocycles. The van der Waals surface area contributed by atoms with Crippen molar-refractivity contribution >= 4 is 22.5 Å². The van der Waals surface area contributed by atoms with Gasteiger partial charge in [-0.1, -0.05) is 6.07 Å². The number of aromatic amines is 1. The summed E-state index contributed by atoms with van der Waals surface area (Å²) < 4.78 is 40.4. The minimum Gasteiger partial charge on any atom is -0.433 e. The molecule has 0 bridgehead atoms. The highest BCUT2D eigenvalue weighted by molar-refractivity contribution is 6.12. The van der Waals surface area contributed by atoms with Gasteiger partial charge < -0.3 is 19.8 Å². The van der Waals surface area contributed by atoms with E-state index in [9.17, 15) is 13.6 Å². The maximum absolute atomic E-state index is 14.0. The number of ether oxygens (including phenoxy) is 2. The van der Waals surface area contributed by atoms with Crippen LogP contribution in [0, 0.1) is 18.6 Å². The van der Waals surface area contributed by atoms with Crippen molar-refractivity contribution in [1.82, 2.24) is 24.6 Å². The number of pyridine rings is 1. The Labute approximate surface area is 240 Å². The number of anilines is 1. The lowest BCUT2D eigenvalue weighted by Crippen LogP contribution is -2.50. The molecule has 1 fully saturated rings. The SMILES string of the molecule is CNc1c(C(=O)c2cc3cc4c(cc3[nH]2)CCN(C2COC2)C4)cnn1-c1cnc(Oc2c(F)cccc2F)cc1C. The summed E-state index contributed by atoms with van der Waals surface area (Å²) in [5, 5.41) is 8.54. The Morgan fingerprint density at radius 2 is 1.93 bits per heavy atom. The Kier molecular flexibility index (Phi) is 6.47.